The minimum absolute atomic E-state index is 0.0514. The fraction of sp³-hybridized carbons (Fsp3) is 0.385. The molecule has 1 atom stereocenters. The van der Waals surface area contributed by atoms with E-state index in [2.05, 4.69) is 0 Å². The number of rotatable bonds is 2. The number of carbonyl (C=O) groups is 2. The van der Waals surface area contributed by atoms with E-state index in [0.29, 0.717) is 18.4 Å². The van der Waals surface area contributed by atoms with Crippen LogP contribution in [0.25, 0.3) is 0 Å². The molecule has 3 heteroatoms. The minimum atomic E-state index is -0.526. The van der Waals surface area contributed by atoms with E-state index in [1.165, 1.54) is 0 Å². The fourth-order valence-corrected chi connectivity index (χ4v) is 1.85. The van der Waals surface area contributed by atoms with Gasteiger partial charge in [0.25, 0.3) is 0 Å². The average Bonchev–Trinajstić information content (AvgIpc) is 2.33. The zero-order chi connectivity index (χ0) is 11.4. The highest BCUT2D eigenvalue weighted by Crippen LogP contribution is 2.18. The topological polar surface area (TPSA) is 43.4 Å². The molecule has 2 rings (SSSR count). The maximum Gasteiger partial charge on any atom is 0.338 e. The highest BCUT2D eigenvalue weighted by molar-refractivity contribution is 5.92. The van der Waals surface area contributed by atoms with Gasteiger partial charge in [0.05, 0.1) is 5.56 Å². The van der Waals surface area contributed by atoms with Crippen molar-refractivity contribution in [2.24, 2.45) is 0 Å². The third-order valence-electron chi connectivity index (χ3n) is 2.76. The van der Waals surface area contributed by atoms with Gasteiger partial charge in [-0.25, -0.2) is 4.79 Å². The predicted octanol–water partition coefficient (Wildman–Crippen LogP) is 2.36. The Morgan fingerprint density at radius 1 is 1.19 bits per heavy atom. The zero-order valence-corrected chi connectivity index (χ0v) is 9.02. The summed E-state index contributed by atoms with van der Waals surface area (Å²) in [5.74, 6) is -0.351. The van der Waals surface area contributed by atoms with Crippen LogP contribution >= 0.6 is 0 Å². The van der Waals surface area contributed by atoms with Crippen LogP contribution in [0.2, 0.25) is 0 Å². The van der Waals surface area contributed by atoms with Gasteiger partial charge in [-0.15, -0.1) is 0 Å². The number of hydrogen-bond donors (Lipinski definition) is 0. The molecular weight excluding hydrogens is 204 g/mol. The summed E-state index contributed by atoms with van der Waals surface area (Å²) < 4.78 is 5.20. The van der Waals surface area contributed by atoms with E-state index in [0.717, 1.165) is 12.8 Å². The molecule has 1 aromatic rings. The minimum Gasteiger partial charge on any atom is -0.451 e. The third-order valence-corrected chi connectivity index (χ3v) is 2.76. The Morgan fingerprint density at radius 2 is 1.94 bits per heavy atom. The summed E-state index contributed by atoms with van der Waals surface area (Å²) in [5, 5.41) is 0. The van der Waals surface area contributed by atoms with Crippen molar-refractivity contribution in [2.45, 2.75) is 31.8 Å². The lowest BCUT2D eigenvalue weighted by molar-refractivity contribution is -0.129. The van der Waals surface area contributed by atoms with Gasteiger partial charge >= 0.3 is 5.97 Å². The summed E-state index contributed by atoms with van der Waals surface area (Å²) in [7, 11) is 0. The van der Waals surface area contributed by atoms with Crippen molar-refractivity contribution >= 4 is 11.8 Å². The van der Waals surface area contributed by atoms with E-state index in [4.69, 9.17) is 4.74 Å². The molecule has 1 aliphatic carbocycles. The van der Waals surface area contributed by atoms with Crippen molar-refractivity contribution in [3.05, 3.63) is 35.9 Å². The summed E-state index contributed by atoms with van der Waals surface area (Å²) in [6.07, 6.45) is 2.54. The summed E-state index contributed by atoms with van der Waals surface area (Å²) in [4.78, 5) is 23.2. The van der Waals surface area contributed by atoms with Gasteiger partial charge in [-0.3, -0.25) is 4.79 Å². The Kier molecular flexibility index (Phi) is 3.34. The second-order valence-corrected chi connectivity index (χ2v) is 3.97. The molecule has 84 valence electrons. The Morgan fingerprint density at radius 3 is 2.62 bits per heavy atom. The molecule has 1 fully saturated rings. The van der Waals surface area contributed by atoms with Crippen LogP contribution in [-0.4, -0.2) is 17.9 Å². The lowest BCUT2D eigenvalue weighted by Crippen LogP contribution is -2.30. The maximum absolute atomic E-state index is 11.7. The first-order chi connectivity index (χ1) is 7.77. The van der Waals surface area contributed by atoms with E-state index in [1.54, 1.807) is 24.3 Å². The zero-order valence-electron chi connectivity index (χ0n) is 9.02. The van der Waals surface area contributed by atoms with Crippen LogP contribution in [0.1, 0.15) is 36.0 Å². The molecule has 0 saturated heterocycles. The summed E-state index contributed by atoms with van der Waals surface area (Å²) >= 11 is 0. The number of hydrogen-bond acceptors (Lipinski definition) is 3. The van der Waals surface area contributed by atoms with Crippen LogP contribution in [0.5, 0.6) is 0 Å². The van der Waals surface area contributed by atoms with Gasteiger partial charge in [-0.2, -0.15) is 0 Å². The Hall–Kier alpha value is -1.64. The van der Waals surface area contributed by atoms with Crippen LogP contribution in [0.4, 0.5) is 0 Å². The van der Waals surface area contributed by atoms with Gasteiger partial charge in [-0.05, 0) is 31.4 Å². The quantitative estimate of drug-likeness (QED) is 0.716. The van der Waals surface area contributed by atoms with E-state index >= 15 is 0 Å². The van der Waals surface area contributed by atoms with Crippen LogP contribution in [0.15, 0.2) is 30.3 Å². The normalized spacial score (nSPS) is 20.5. The number of benzene rings is 1. The Labute approximate surface area is 94.4 Å². The summed E-state index contributed by atoms with van der Waals surface area (Å²) in [6, 6.07) is 8.77. The molecule has 0 aromatic heterocycles. The summed E-state index contributed by atoms with van der Waals surface area (Å²) in [5.41, 5.74) is 0.501. The van der Waals surface area contributed by atoms with E-state index in [9.17, 15) is 9.59 Å². The molecule has 0 heterocycles. The van der Waals surface area contributed by atoms with Gasteiger partial charge in [0.2, 0.25) is 0 Å². The van der Waals surface area contributed by atoms with Crippen molar-refractivity contribution in [2.75, 3.05) is 0 Å². The lowest BCUT2D eigenvalue weighted by atomic mass is 9.96. The molecule has 0 spiro atoms. The van der Waals surface area contributed by atoms with Gasteiger partial charge < -0.3 is 4.74 Å². The van der Waals surface area contributed by atoms with Crippen molar-refractivity contribution in [1.29, 1.82) is 0 Å². The van der Waals surface area contributed by atoms with E-state index in [-0.39, 0.29) is 5.78 Å². The number of ketones is 1. The van der Waals surface area contributed by atoms with Crippen LogP contribution in [0, 0.1) is 0 Å². The summed E-state index contributed by atoms with van der Waals surface area (Å²) in [6.45, 7) is 0. The third kappa shape index (κ3) is 2.48. The van der Waals surface area contributed by atoms with Crippen molar-refractivity contribution in [1.82, 2.24) is 0 Å². The first-order valence-electron chi connectivity index (χ1n) is 5.56. The standard InChI is InChI=1S/C13H14O3/c14-11-8-4-5-9-12(11)16-13(15)10-6-2-1-3-7-10/h1-3,6-7,12H,4-5,8-9H2. The monoisotopic (exact) mass is 218 g/mol. The van der Waals surface area contributed by atoms with Gasteiger partial charge in [0, 0.05) is 6.42 Å². The Bertz CT molecular complexity index is 383. The number of carbonyl (C=O) groups excluding carboxylic acids is 2. The predicted molar refractivity (Wildman–Crippen MR) is 59.1 cm³/mol. The lowest BCUT2D eigenvalue weighted by Gasteiger charge is -2.20. The second-order valence-electron chi connectivity index (χ2n) is 3.97. The van der Waals surface area contributed by atoms with Crippen molar-refractivity contribution in [3.8, 4) is 0 Å². The van der Waals surface area contributed by atoms with Crippen LogP contribution in [-0.2, 0) is 9.53 Å². The molecule has 16 heavy (non-hydrogen) atoms. The average molecular weight is 218 g/mol. The fourth-order valence-electron chi connectivity index (χ4n) is 1.85. The van der Waals surface area contributed by atoms with Crippen LogP contribution < -0.4 is 0 Å². The van der Waals surface area contributed by atoms with E-state index < -0.39 is 12.1 Å². The van der Waals surface area contributed by atoms with Gasteiger partial charge in [-0.1, -0.05) is 18.2 Å². The smallest absolute Gasteiger partial charge is 0.338 e. The molecule has 1 aliphatic rings. The Balaban J connectivity index is 1.99. The molecule has 3 nitrogen and oxygen atoms in total. The molecule has 0 bridgehead atoms. The molecule has 1 aromatic carbocycles. The van der Waals surface area contributed by atoms with Crippen molar-refractivity contribution < 1.29 is 14.3 Å². The van der Waals surface area contributed by atoms with Gasteiger partial charge in [0.15, 0.2) is 11.9 Å². The first-order valence-corrected chi connectivity index (χ1v) is 5.56. The SMILES string of the molecule is O=C(OC1CCCCC1=O)c1ccccc1. The molecule has 1 unspecified atom stereocenters. The molecule has 0 amide bonds. The van der Waals surface area contributed by atoms with Crippen LogP contribution in [0.3, 0.4) is 0 Å². The van der Waals surface area contributed by atoms with Gasteiger partial charge in [0.1, 0.15) is 0 Å². The number of esters is 1. The maximum atomic E-state index is 11.7. The molecule has 1 saturated carbocycles. The molecule has 0 N–H and O–H groups in total. The highest BCUT2D eigenvalue weighted by atomic mass is 16.5. The number of ether oxygens (including phenoxy) is 1. The largest absolute Gasteiger partial charge is 0.451 e. The second kappa shape index (κ2) is 4.92. The number of Topliss-reactive ketones (excluding diaryl/α,β-unsaturated/α-hetero) is 1. The van der Waals surface area contributed by atoms with Crippen molar-refractivity contribution in [3.63, 3.8) is 0 Å². The first kappa shape index (κ1) is 10.9. The van der Waals surface area contributed by atoms with E-state index in [1.807, 2.05) is 6.07 Å². The molecular formula is C13H14O3. The highest BCUT2D eigenvalue weighted by Gasteiger charge is 2.25. The molecule has 0 aliphatic heterocycles. The molecule has 0 radical (unpaired) electrons.